The molecule has 1 aromatic rings. The smallest absolute Gasteiger partial charge is 0.291 e. The first-order chi connectivity index (χ1) is 12.6. The van der Waals surface area contributed by atoms with Crippen LogP contribution in [0, 0.1) is 5.92 Å². The van der Waals surface area contributed by atoms with Crippen LogP contribution in [-0.4, -0.2) is 65.0 Å². The van der Waals surface area contributed by atoms with Crippen molar-refractivity contribution in [2.45, 2.75) is 44.5 Å². The Bertz CT molecular complexity index is 599. The van der Waals surface area contributed by atoms with E-state index in [1.165, 1.54) is 25.5 Å². The maximum absolute atomic E-state index is 12.9. The fourth-order valence-corrected chi connectivity index (χ4v) is 5.15. The van der Waals surface area contributed by atoms with Gasteiger partial charge in [0.05, 0.1) is 11.6 Å². The lowest BCUT2D eigenvalue weighted by Crippen LogP contribution is -2.51. The molecule has 0 bridgehead atoms. The van der Waals surface area contributed by atoms with Crippen LogP contribution in [0.4, 0.5) is 0 Å². The van der Waals surface area contributed by atoms with Gasteiger partial charge < -0.3 is 19.5 Å². The van der Waals surface area contributed by atoms with Crippen LogP contribution in [0.25, 0.3) is 0 Å². The second-order valence-electron chi connectivity index (χ2n) is 7.37. The summed E-state index contributed by atoms with van der Waals surface area (Å²) in [6.45, 7) is 7.91. The number of likely N-dealkylation sites (tertiary alicyclic amines) is 1. The first kappa shape index (κ1) is 19.3. The number of carbonyl (C=O) groups excluding carboxylic acids is 2. The normalized spacial score (nSPS) is 24.2. The van der Waals surface area contributed by atoms with E-state index < -0.39 is 6.04 Å². The lowest BCUT2D eigenvalue weighted by atomic mass is 10.1. The molecule has 144 valence electrons. The number of hydrogen-bond donors (Lipinski definition) is 1. The number of thioether (sulfide) groups is 1. The van der Waals surface area contributed by atoms with Gasteiger partial charge in [-0.1, -0.05) is 20.3 Å². The summed E-state index contributed by atoms with van der Waals surface area (Å²) in [6, 6.07) is 2.93. The Labute approximate surface area is 159 Å². The summed E-state index contributed by atoms with van der Waals surface area (Å²) in [5.41, 5.74) is 0. The zero-order valence-electron chi connectivity index (χ0n) is 15.6. The van der Waals surface area contributed by atoms with E-state index in [1.807, 2.05) is 0 Å². The Kier molecular flexibility index (Phi) is 6.64. The van der Waals surface area contributed by atoms with Crippen LogP contribution in [0.5, 0.6) is 0 Å². The van der Waals surface area contributed by atoms with E-state index in [9.17, 15) is 9.59 Å². The van der Waals surface area contributed by atoms with Crippen LogP contribution in [0.15, 0.2) is 22.8 Å². The number of nitrogens with zero attached hydrogens (tertiary/aromatic N) is 2. The molecule has 6 nitrogen and oxygen atoms in total. The maximum Gasteiger partial charge on any atom is 0.291 e. The summed E-state index contributed by atoms with van der Waals surface area (Å²) in [5, 5.41) is 3.03. The molecule has 0 radical (unpaired) electrons. The molecule has 0 spiro atoms. The average Bonchev–Trinajstić information content (AvgIpc) is 3.32. The van der Waals surface area contributed by atoms with E-state index in [2.05, 4.69) is 24.1 Å². The van der Waals surface area contributed by atoms with Crippen molar-refractivity contribution >= 4 is 23.6 Å². The zero-order valence-corrected chi connectivity index (χ0v) is 16.5. The monoisotopic (exact) mass is 379 g/mol. The van der Waals surface area contributed by atoms with Gasteiger partial charge in [-0.25, -0.2) is 0 Å². The molecule has 2 unspecified atom stereocenters. The van der Waals surface area contributed by atoms with Crippen molar-refractivity contribution in [1.82, 2.24) is 15.1 Å². The minimum absolute atomic E-state index is 0.00885. The molecule has 0 aliphatic carbocycles. The molecule has 26 heavy (non-hydrogen) atoms. The van der Waals surface area contributed by atoms with E-state index in [-0.39, 0.29) is 23.1 Å². The Morgan fingerprint density at radius 2 is 2.08 bits per heavy atom. The van der Waals surface area contributed by atoms with Gasteiger partial charge in [-0.05, 0) is 44.0 Å². The highest BCUT2D eigenvalue weighted by Gasteiger charge is 2.43. The number of hydrogen-bond acceptors (Lipinski definition) is 5. The summed E-state index contributed by atoms with van der Waals surface area (Å²) in [6.07, 6.45) is 5.29. The highest BCUT2D eigenvalue weighted by molar-refractivity contribution is 8.00. The van der Waals surface area contributed by atoms with Gasteiger partial charge in [-0.3, -0.25) is 9.59 Å². The second kappa shape index (κ2) is 8.95. The Morgan fingerprint density at radius 3 is 2.73 bits per heavy atom. The number of piperidine rings is 1. The minimum atomic E-state index is -0.439. The Morgan fingerprint density at radius 1 is 1.31 bits per heavy atom. The van der Waals surface area contributed by atoms with E-state index in [1.54, 1.807) is 28.8 Å². The standard InChI is InChI=1S/C19H29N3O3S/c1-14(2)19-22(18(24)16-7-6-12-25-16)15(13-26-19)17(23)20-8-11-21-9-4-3-5-10-21/h6-7,12,14-15,19H,3-5,8-11,13H2,1-2H3,(H,20,23). The molecule has 0 aromatic carbocycles. The van der Waals surface area contributed by atoms with Gasteiger partial charge in [0.15, 0.2) is 5.76 Å². The van der Waals surface area contributed by atoms with E-state index >= 15 is 0 Å². The van der Waals surface area contributed by atoms with E-state index in [4.69, 9.17) is 4.42 Å². The molecule has 2 atom stereocenters. The van der Waals surface area contributed by atoms with Crippen molar-refractivity contribution in [3.8, 4) is 0 Å². The average molecular weight is 380 g/mol. The molecule has 2 amide bonds. The van der Waals surface area contributed by atoms with Crippen molar-refractivity contribution in [2.75, 3.05) is 31.9 Å². The third kappa shape index (κ3) is 4.43. The number of amides is 2. The second-order valence-corrected chi connectivity index (χ2v) is 8.52. The van der Waals surface area contributed by atoms with Crippen LogP contribution < -0.4 is 5.32 Å². The van der Waals surface area contributed by atoms with E-state index in [0.717, 1.165) is 19.6 Å². The van der Waals surface area contributed by atoms with Crippen molar-refractivity contribution in [3.63, 3.8) is 0 Å². The molecule has 3 heterocycles. The molecule has 2 aliphatic heterocycles. The van der Waals surface area contributed by atoms with E-state index in [0.29, 0.717) is 18.1 Å². The van der Waals surface area contributed by atoms with Gasteiger partial charge in [0.2, 0.25) is 5.91 Å². The topological polar surface area (TPSA) is 65.8 Å². The van der Waals surface area contributed by atoms with Crippen LogP contribution in [0.2, 0.25) is 0 Å². The summed E-state index contributed by atoms with van der Waals surface area (Å²) in [7, 11) is 0. The largest absolute Gasteiger partial charge is 0.459 e. The zero-order chi connectivity index (χ0) is 18.5. The first-order valence-electron chi connectivity index (χ1n) is 9.55. The molecule has 0 saturated carbocycles. The summed E-state index contributed by atoms with van der Waals surface area (Å²) in [5.74, 6) is 0.937. The third-order valence-corrected chi connectivity index (χ3v) is 6.67. The van der Waals surface area contributed by atoms with Crippen molar-refractivity contribution < 1.29 is 14.0 Å². The minimum Gasteiger partial charge on any atom is -0.459 e. The lowest BCUT2D eigenvalue weighted by molar-refractivity contribution is -0.125. The van der Waals surface area contributed by atoms with Gasteiger partial charge in [0.25, 0.3) is 5.91 Å². The lowest BCUT2D eigenvalue weighted by Gasteiger charge is -2.30. The van der Waals surface area contributed by atoms with Crippen molar-refractivity contribution in [2.24, 2.45) is 5.92 Å². The SMILES string of the molecule is CC(C)C1SCC(C(=O)NCCN2CCCCC2)N1C(=O)c1ccco1. The number of furan rings is 1. The van der Waals surface area contributed by atoms with Gasteiger partial charge >= 0.3 is 0 Å². The molecular formula is C19H29N3O3S. The molecule has 2 aliphatic rings. The number of nitrogens with one attached hydrogen (secondary N) is 1. The van der Waals surface area contributed by atoms with Crippen LogP contribution >= 0.6 is 11.8 Å². The van der Waals surface area contributed by atoms with Crippen LogP contribution in [0.1, 0.15) is 43.7 Å². The van der Waals surface area contributed by atoms with Crippen molar-refractivity contribution in [1.29, 1.82) is 0 Å². The van der Waals surface area contributed by atoms with Gasteiger partial charge in [-0.2, -0.15) is 0 Å². The molecule has 2 fully saturated rings. The van der Waals surface area contributed by atoms with Gasteiger partial charge in [0, 0.05) is 18.8 Å². The maximum atomic E-state index is 12.9. The summed E-state index contributed by atoms with van der Waals surface area (Å²) >= 11 is 1.67. The van der Waals surface area contributed by atoms with Crippen LogP contribution in [-0.2, 0) is 4.79 Å². The third-order valence-electron chi connectivity index (χ3n) is 5.05. The van der Waals surface area contributed by atoms with Crippen molar-refractivity contribution in [3.05, 3.63) is 24.2 Å². The summed E-state index contributed by atoms with van der Waals surface area (Å²) < 4.78 is 5.29. The predicted octanol–water partition coefficient (Wildman–Crippen LogP) is 2.42. The molecular weight excluding hydrogens is 350 g/mol. The van der Waals surface area contributed by atoms with Gasteiger partial charge in [0.1, 0.15) is 6.04 Å². The Balaban J connectivity index is 1.60. The van der Waals surface area contributed by atoms with Gasteiger partial charge in [-0.15, -0.1) is 11.8 Å². The predicted molar refractivity (Wildman–Crippen MR) is 103 cm³/mol. The fraction of sp³-hybridized carbons (Fsp3) is 0.684. The molecule has 1 N–H and O–H groups in total. The molecule has 1 aromatic heterocycles. The first-order valence-corrected chi connectivity index (χ1v) is 10.6. The Hall–Kier alpha value is -1.47. The molecule has 3 rings (SSSR count). The fourth-order valence-electron chi connectivity index (χ4n) is 3.67. The van der Waals surface area contributed by atoms with Crippen LogP contribution in [0.3, 0.4) is 0 Å². The summed E-state index contributed by atoms with van der Waals surface area (Å²) in [4.78, 5) is 29.8. The number of rotatable bonds is 6. The number of carbonyl (C=O) groups is 2. The highest BCUT2D eigenvalue weighted by Crippen LogP contribution is 2.35. The highest BCUT2D eigenvalue weighted by atomic mass is 32.2. The quantitative estimate of drug-likeness (QED) is 0.822. The molecule has 7 heteroatoms. The molecule has 2 saturated heterocycles.